The maximum absolute atomic E-state index is 13.3. The van der Waals surface area contributed by atoms with Crippen LogP contribution >= 0.6 is 0 Å². The Bertz CT molecular complexity index is 382. The second-order valence-corrected chi connectivity index (χ2v) is 8.02. The third-order valence-corrected chi connectivity index (χ3v) is 6.31. The summed E-state index contributed by atoms with van der Waals surface area (Å²) in [6.45, 7) is 10.8. The first-order valence-electron chi connectivity index (χ1n) is 6.24. The van der Waals surface area contributed by atoms with Gasteiger partial charge in [0.1, 0.15) is 0 Å². The van der Waals surface area contributed by atoms with Crippen LogP contribution in [-0.4, -0.2) is 2.30 Å². The Balaban J connectivity index is 2.94. The molecule has 0 fully saturated rings. The standard InChI is InChI=1S/C15H22.FH.Y/c1-12(2)10-13-6-8-14(9-7-13)11-15(3,4)5;;/h6-9,12H,10H2,1-5H3;1H;/q;;+1/p-1. The summed E-state index contributed by atoms with van der Waals surface area (Å²) in [5.74, 6) is 0.672. The van der Waals surface area contributed by atoms with E-state index in [1.165, 1.54) is 5.56 Å². The molecule has 0 saturated heterocycles. The fourth-order valence-corrected chi connectivity index (χ4v) is 3.54. The van der Waals surface area contributed by atoms with Crippen LogP contribution in [0.1, 0.15) is 45.7 Å². The van der Waals surface area contributed by atoms with Crippen molar-refractivity contribution in [1.29, 1.82) is 0 Å². The molecule has 0 amide bonds. The first-order chi connectivity index (χ1) is 7.84. The van der Waals surface area contributed by atoms with Crippen LogP contribution in [0.3, 0.4) is 0 Å². The Hall–Kier alpha value is 0.124. The molecule has 0 spiro atoms. The minimum atomic E-state index is -2.04. The van der Waals surface area contributed by atoms with Crippen LogP contribution in [0.15, 0.2) is 24.3 Å². The zero-order valence-electron chi connectivity index (χ0n) is 11.5. The topological polar surface area (TPSA) is 0 Å². The molecule has 1 rings (SSSR count). The summed E-state index contributed by atoms with van der Waals surface area (Å²) >= 11 is -2.04. The summed E-state index contributed by atoms with van der Waals surface area (Å²) in [4.78, 5) is 0. The van der Waals surface area contributed by atoms with E-state index in [9.17, 15) is 1.92 Å². The van der Waals surface area contributed by atoms with E-state index in [0.717, 1.165) is 14.3 Å². The molecule has 0 unspecified atom stereocenters. The van der Waals surface area contributed by atoms with Crippen molar-refractivity contribution < 1.29 is 31.3 Å². The number of hydrogen-bond donors (Lipinski definition) is 0. The van der Waals surface area contributed by atoms with Gasteiger partial charge in [-0.3, -0.25) is 0 Å². The predicted molar refractivity (Wildman–Crippen MR) is 69.7 cm³/mol. The molecule has 1 aromatic carbocycles. The van der Waals surface area contributed by atoms with E-state index >= 15 is 0 Å². The van der Waals surface area contributed by atoms with E-state index in [4.69, 9.17) is 0 Å². The van der Waals surface area contributed by atoms with E-state index in [1.807, 2.05) is 0 Å². The van der Waals surface area contributed by atoms with Crippen molar-refractivity contribution >= 4 is 2.30 Å². The molecule has 0 saturated carbocycles. The fraction of sp³-hybridized carbons (Fsp3) is 0.533. The molecule has 92 valence electrons. The maximum atomic E-state index is 13.3. The Labute approximate surface area is 121 Å². The van der Waals surface area contributed by atoms with Gasteiger partial charge in [-0.15, -0.1) is 0 Å². The second kappa shape index (κ2) is 6.34. The first kappa shape index (κ1) is 15.2. The number of benzene rings is 1. The van der Waals surface area contributed by atoms with Crippen LogP contribution in [0, 0.1) is 11.3 Å². The van der Waals surface area contributed by atoms with Gasteiger partial charge in [-0.05, 0) is 0 Å². The molecular formula is C15H22FY. The number of halogens is 1. The first-order valence-corrected chi connectivity index (χ1v) is 8.74. The second-order valence-electron chi connectivity index (χ2n) is 6.07. The molecule has 0 atom stereocenters. The number of rotatable bonds is 3. The Morgan fingerprint density at radius 3 is 2.06 bits per heavy atom. The van der Waals surface area contributed by atoms with Crippen LogP contribution in [-0.2, 0) is 35.8 Å². The van der Waals surface area contributed by atoms with Gasteiger partial charge in [0.15, 0.2) is 0 Å². The third-order valence-electron chi connectivity index (χ3n) is 2.83. The summed E-state index contributed by atoms with van der Waals surface area (Å²) in [6.07, 6.45) is 1.10. The number of hydrogen-bond acceptors (Lipinski definition) is 0. The molecule has 0 heterocycles. The van der Waals surface area contributed by atoms with Gasteiger partial charge >= 0.3 is 121 Å². The van der Waals surface area contributed by atoms with Gasteiger partial charge in [0.05, 0.1) is 0 Å². The van der Waals surface area contributed by atoms with E-state index in [-0.39, 0.29) is 5.41 Å². The zero-order chi connectivity index (χ0) is 13.1. The zero-order valence-corrected chi connectivity index (χ0v) is 14.4. The van der Waals surface area contributed by atoms with E-state index < -0.39 is 29.4 Å². The molecule has 0 aliphatic rings. The van der Waals surface area contributed by atoms with E-state index in [0.29, 0.717) is 5.92 Å². The third kappa shape index (κ3) is 4.71. The molecule has 0 aromatic heterocycles. The Kier molecular flexibility index (Phi) is 5.66. The van der Waals surface area contributed by atoms with Crippen molar-refractivity contribution in [1.82, 2.24) is 0 Å². The van der Waals surface area contributed by atoms with E-state index in [2.05, 4.69) is 58.9 Å². The molecule has 17 heavy (non-hydrogen) atoms. The van der Waals surface area contributed by atoms with Gasteiger partial charge in [-0.2, -0.15) is 0 Å². The van der Waals surface area contributed by atoms with Crippen LogP contribution in [0.4, 0.5) is 1.92 Å². The average molecular weight is 310 g/mol. The van der Waals surface area contributed by atoms with Crippen molar-refractivity contribution in [3.8, 4) is 0 Å². The minimum absolute atomic E-state index is 0.0184. The Morgan fingerprint density at radius 2 is 1.71 bits per heavy atom. The summed E-state index contributed by atoms with van der Waals surface area (Å²) in [7, 11) is 0. The van der Waals surface area contributed by atoms with Crippen LogP contribution in [0.5, 0.6) is 0 Å². The van der Waals surface area contributed by atoms with Crippen LogP contribution in [0.25, 0.3) is 0 Å². The molecular weight excluding hydrogens is 288 g/mol. The molecule has 0 radical (unpaired) electrons. The van der Waals surface area contributed by atoms with Gasteiger partial charge in [0.2, 0.25) is 0 Å². The van der Waals surface area contributed by atoms with Crippen LogP contribution in [0.2, 0.25) is 0 Å². The van der Waals surface area contributed by atoms with Crippen molar-refractivity contribution in [3.63, 3.8) is 0 Å². The Morgan fingerprint density at radius 1 is 1.18 bits per heavy atom. The van der Waals surface area contributed by atoms with Gasteiger partial charge in [-0.1, -0.05) is 0 Å². The van der Waals surface area contributed by atoms with Crippen molar-refractivity contribution in [2.75, 3.05) is 0 Å². The molecule has 2 heteroatoms. The van der Waals surface area contributed by atoms with Gasteiger partial charge in [-0.25, -0.2) is 0 Å². The molecule has 0 aliphatic heterocycles. The molecule has 0 N–H and O–H groups in total. The van der Waals surface area contributed by atoms with Crippen molar-refractivity contribution in [2.24, 2.45) is 11.3 Å². The van der Waals surface area contributed by atoms with Gasteiger partial charge in [0.25, 0.3) is 0 Å². The SMILES string of the molecule is CC(C)Cc1ccc([C](=[Y][F])C(C)(C)C)cc1. The summed E-state index contributed by atoms with van der Waals surface area (Å²) < 4.78 is 14.4. The fourth-order valence-electron chi connectivity index (χ4n) is 1.95. The van der Waals surface area contributed by atoms with Gasteiger partial charge < -0.3 is 0 Å². The van der Waals surface area contributed by atoms with Gasteiger partial charge in [0, 0.05) is 0 Å². The van der Waals surface area contributed by atoms with Crippen LogP contribution < -0.4 is 0 Å². The normalized spacial score (nSPS) is 12.8. The quantitative estimate of drug-likeness (QED) is 0.775. The molecule has 0 aliphatic carbocycles. The van der Waals surface area contributed by atoms with Crippen molar-refractivity contribution in [2.45, 2.75) is 41.0 Å². The molecule has 0 nitrogen and oxygen atoms in total. The molecule has 0 bridgehead atoms. The summed E-state index contributed by atoms with van der Waals surface area (Å²) in [5, 5.41) is 0. The monoisotopic (exact) mass is 310 g/mol. The van der Waals surface area contributed by atoms with E-state index in [1.54, 1.807) is 0 Å². The summed E-state index contributed by atoms with van der Waals surface area (Å²) in [6, 6.07) is 8.51. The predicted octanol–water partition coefficient (Wildman–Crippen LogP) is 4.42. The molecule has 1 aromatic rings. The summed E-state index contributed by atoms with van der Waals surface area (Å²) in [5.41, 5.74) is 2.45. The average Bonchev–Trinajstić information content (AvgIpc) is 2.18. The van der Waals surface area contributed by atoms with Crippen molar-refractivity contribution in [3.05, 3.63) is 35.4 Å².